The summed E-state index contributed by atoms with van der Waals surface area (Å²) in [6.45, 7) is 6.41. The highest BCUT2D eigenvalue weighted by Gasteiger charge is 2.14. The molecule has 0 aliphatic rings. The van der Waals surface area contributed by atoms with Gasteiger partial charge in [-0.3, -0.25) is 0 Å². The van der Waals surface area contributed by atoms with Crippen LogP contribution in [0.1, 0.15) is 32.6 Å². The number of benzene rings is 2. The molecule has 2 aromatic carbocycles. The quantitative estimate of drug-likeness (QED) is 0.583. The van der Waals surface area contributed by atoms with Crippen molar-refractivity contribution in [1.82, 2.24) is 0 Å². The van der Waals surface area contributed by atoms with Gasteiger partial charge in [-0.05, 0) is 49.1 Å². The Bertz CT molecular complexity index is 573. The van der Waals surface area contributed by atoms with Gasteiger partial charge in [0, 0.05) is 4.47 Å². The van der Waals surface area contributed by atoms with Crippen LogP contribution in [0.2, 0.25) is 0 Å². The van der Waals surface area contributed by atoms with Crippen LogP contribution in [0.4, 0.5) is 0 Å². The van der Waals surface area contributed by atoms with Crippen LogP contribution in [0.15, 0.2) is 40.9 Å². The van der Waals surface area contributed by atoms with E-state index in [-0.39, 0.29) is 4.83 Å². The van der Waals surface area contributed by atoms with Crippen LogP contribution in [0, 0.1) is 20.8 Å². The third kappa shape index (κ3) is 2.86. The summed E-state index contributed by atoms with van der Waals surface area (Å²) in [7, 11) is 0. The van der Waals surface area contributed by atoms with E-state index >= 15 is 0 Å². The number of rotatable bonds is 2. The van der Waals surface area contributed by atoms with Crippen molar-refractivity contribution in [3.05, 3.63) is 68.7 Å². The topological polar surface area (TPSA) is 0 Å². The molecular formula is C16H16Br2. The highest BCUT2D eigenvalue weighted by atomic mass is 79.9. The van der Waals surface area contributed by atoms with E-state index < -0.39 is 0 Å². The van der Waals surface area contributed by atoms with Crippen molar-refractivity contribution in [3.63, 3.8) is 0 Å². The van der Waals surface area contributed by atoms with Gasteiger partial charge in [-0.1, -0.05) is 67.8 Å². The maximum absolute atomic E-state index is 3.82. The molecule has 0 saturated heterocycles. The molecule has 1 atom stereocenters. The van der Waals surface area contributed by atoms with Gasteiger partial charge in [-0.15, -0.1) is 0 Å². The summed E-state index contributed by atoms with van der Waals surface area (Å²) in [6, 6.07) is 13.1. The first-order valence-corrected chi connectivity index (χ1v) is 7.67. The van der Waals surface area contributed by atoms with Crippen LogP contribution < -0.4 is 0 Å². The van der Waals surface area contributed by atoms with E-state index in [9.17, 15) is 0 Å². The molecule has 94 valence electrons. The molecule has 0 amide bonds. The van der Waals surface area contributed by atoms with Gasteiger partial charge in [0.2, 0.25) is 0 Å². The Morgan fingerprint density at radius 3 is 2.33 bits per heavy atom. The molecule has 2 rings (SSSR count). The molecule has 0 aromatic heterocycles. The molecular weight excluding hydrogens is 352 g/mol. The zero-order valence-electron chi connectivity index (χ0n) is 10.8. The minimum atomic E-state index is 0.254. The van der Waals surface area contributed by atoms with E-state index in [1.165, 1.54) is 32.3 Å². The molecule has 0 spiro atoms. The fourth-order valence-electron chi connectivity index (χ4n) is 2.08. The van der Waals surface area contributed by atoms with Gasteiger partial charge < -0.3 is 0 Å². The summed E-state index contributed by atoms with van der Waals surface area (Å²) in [4.78, 5) is 0.254. The third-order valence-corrected chi connectivity index (χ3v) is 5.03. The Morgan fingerprint density at radius 1 is 0.944 bits per heavy atom. The number of aryl methyl sites for hydroxylation is 3. The van der Waals surface area contributed by atoms with Gasteiger partial charge >= 0.3 is 0 Å². The fourth-order valence-corrected chi connectivity index (χ4v) is 3.32. The maximum atomic E-state index is 3.82. The van der Waals surface area contributed by atoms with Crippen molar-refractivity contribution < 1.29 is 0 Å². The number of halogens is 2. The first kappa shape index (κ1) is 13.8. The molecule has 2 heteroatoms. The van der Waals surface area contributed by atoms with Crippen molar-refractivity contribution in [3.8, 4) is 0 Å². The Hall–Kier alpha value is -0.600. The number of alkyl halides is 1. The van der Waals surface area contributed by atoms with E-state index in [2.05, 4.69) is 89.0 Å². The summed E-state index contributed by atoms with van der Waals surface area (Å²) < 4.78 is 1.17. The van der Waals surface area contributed by atoms with Gasteiger partial charge in [0.05, 0.1) is 4.83 Å². The SMILES string of the molecule is Cc1cccc(C(Br)c2cc(C)c(Br)cc2C)c1. The largest absolute Gasteiger partial charge is 0.0786 e. The van der Waals surface area contributed by atoms with Gasteiger partial charge in [0.25, 0.3) is 0 Å². The van der Waals surface area contributed by atoms with E-state index in [0.717, 1.165) is 0 Å². The van der Waals surface area contributed by atoms with Crippen LogP contribution in [-0.4, -0.2) is 0 Å². The molecule has 0 radical (unpaired) electrons. The van der Waals surface area contributed by atoms with Gasteiger partial charge in [0.1, 0.15) is 0 Å². The zero-order valence-corrected chi connectivity index (χ0v) is 14.0. The Morgan fingerprint density at radius 2 is 1.67 bits per heavy atom. The van der Waals surface area contributed by atoms with Gasteiger partial charge in [0.15, 0.2) is 0 Å². The van der Waals surface area contributed by atoms with Crippen LogP contribution in [0.3, 0.4) is 0 Å². The molecule has 0 bridgehead atoms. The average Bonchev–Trinajstić information content (AvgIpc) is 2.33. The molecule has 0 aliphatic heterocycles. The minimum absolute atomic E-state index is 0.254. The van der Waals surface area contributed by atoms with Crippen LogP contribution in [0.25, 0.3) is 0 Å². The summed E-state index contributed by atoms with van der Waals surface area (Å²) in [5.74, 6) is 0. The molecule has 1 unspecified atom stereocenters. The molecule has 0 aliphatic carbocycles. The van der Waals surface area contributed by atoms with Crippen LogP contribution in [-0.2, 0) is 0 Å². The third-order valence-electron chi connectivity index (χ3n) is 3.16. The summed E-state index contributed by atoms with van der Waals surface area (Å²) in [5.41, 5.74) is 6.51. The Balaban J connectivity index is 2.46. The average molecular weight is 368 g/mol. The Labute approximate surface area is 126 Å². The monoisotopic (exact) mass is 366 g/mol. The first-order chi connectivity index (χ1) is 8.49. The maximum Gasteiger partial charge on any atom is 0.0647 e. The second-order valence-electron chi connectivity index (χ2n) is 4.73. The van der Waals surface area contributed by atoms with E-state index in [1.807, 2.05) is 0 Å². The van der Waals surface area contributed by atoms with Crippen LogP contribution >= 0.6 is 31.9 Å². The molecule has 0 N–H and O–H groups in total. The predicted molar refractivity (Wildman–Crippen MR) is 85.6 cm³/mol. The van der Waals surface area contributed by atoms with Crippen molar-refractivity contribution in [2.24, 2.45) is 0 Å². The van der Waals surface area contributed by atoms with Crippen molar-refractivity contribution in [2.45, 2.75) is 25.6 Å². The summed E-state index contributed by atoms with van der Waals surface area (Å²) >= 11 is 7.40. The second kappa shape index (κ2) is 5.58. The molecule has 0 heterocycles. The van der Waals surface area contributed by atoms with Crippen molar-refractivity contribution in [1.29, 1.82) is 0 Å². The second-order valence-corrected chi connectivity index (χ2v) is 6.50. The zero-order chi connectivity index (χ0) is 13.3. The molecule has 0 fully saturated rings. The van der Waals surface area contributed by atoms with Crippen molar-refractivity contribution in [2.75, 3.05) is 0 Å². The van der Waals surface area contributed by atoms with Crippen LogP contribution in [0.5, 0.6) is 0 Å². The minimum Gasteiger partial charge on any atom is -0.0786 e. The lowest BCUT2D eigenvalue weighted by molar-refractivity contribution is 1.12. The smallest absolute Gasteiger partial charge is 0.0647 e. The summed E-state index contributed by atoms with van der Waals surface area (Å²) in [5, 5.41) is 0. The molecule has 18 heavy (non-hydrogen) atoms. The highest BCUT2D eigenvalue weighted by Crippen LogP contribution is 2.35. The van der Waals surface area contributed by atoms with E-state index in [0.29, 0.717) is 0 Å². The predicted octanol–water partition coefficient (Wildman–Crippen LogP) is 5.86. The number of hydrogen-bond acceptors (Lipinski definition) is 0. The lowest BCUT2D eigenvalue weighted by Gasteiger charge is -2.16. The van der Waals surface area contributed by atoms with Crippen molar-refractivity contribution >= 4 is 31.9 Å². The lowest BCUT2D eigenvalue weighted by atomic mass is 9.97. The highest BCUT2D eigenvalue weighted by molar-refractivity contribution is 9.10. The molecule has 2 aromatic rings. The Kier molecular flexibility index (Phi) is 4.29. The van der Waals surface area contributed by atoms with E-state index in [1.54, 1.807) is 0 Å². The molecule has 0 saturated carbocycles. The molecule has 0 nitrogen and oxygen atoms in total. The van der Waals surface area contributed by atoms with E-state index in [4.69, 9.17) is 0 Å². The van der Waals surface area contributed by atoms with Gasteiger partial charge in [-0.25, -0.2) is 0 Å². The number of hydrogen-bond donors (Lipinski definition) is 0. The van der Waals surface area contributed by atoms with Gasteiger partial charge in [-0.2, -0.15) is 0 Å². The normalized spacial score (nSPS) is 12.5. The summed E-state index contributed by atoms with van der Waals surface area (Å²) in [6.07, 6.45) is 0. The lowest BCUT2D eigenvalue weighted by Crippen LogP contribution is -1.97. The first-order valence-electron chi connectivity index (χ1n) is 5.96. The standard InChI is InChI=1S/C16H16Br2/c1-10-5-4-6-13(7-10)16(18)14-8-12(3)15(17)9-11(14)2/h4-9,16H,1-3H3. The fraction of sp³-hybridized carbons (Fsp3) is 0.250.